The number of nitrogens with zero attached hydrogens (tertiary/aromatic N) is 4. The smallest absolute Gasteiger partial charge is 0.229 e. The molecule has 2 N–H and O–H groups in total. The van der Waals surface area contributed by atoms with Gasteiger partial charge in [0.05, 0.1) is 5.41 Å². The number of rotatable bonds is 4. The highest BCUT2D eigenvalue weighted by Crippen LogP contribution is 2.29. The molecule has 1 amide bonds. The number of nitrogens with two attached hydrogens (primary N) is 1. The first-order chi connectivity index (χ1) is 9.51. The van der Waals surface area contributed by atoms with E-state index >= 15 is 0 Å². The minimum absolute atomic E-state index is 0.175. The third-order valence-electron chi connectivity index (χ3n) is 4.57. The van der Waals surface area contributed by atoms with Crippen LogP contribution in [0, 0.1) is 5.41 Å². The first kappa shape index (κ1) is 15.0. The summed E-state index contributed by atoms with van der Waals surface area (Å²) in [6, 6.07) is 0. The zero-order valence-corrected chi connectivity index (χ0v) is 12.7. The van der Waals surface area contributed by atoms with Crippen molar-refractivity contribution in [3.8, 4) is 0 Å². The maximum Gasteiger partial charge on any atom is 0.229 e. The van der Waals surface area contributed by atoms with Crippen molar-refractivity contribution in [2.45, 2.75) is 39.0 Å². The average molecular weight is 279 g/mol. The molecule has 2 heterocycles. The van der Waals surface area contributed by atoms with Gasteiger partial charge in [-0.1, -0.05) is 6.92 Å². The van der Waals surface area contributed by atoms with Gasteiger partial charge in [0.2, 0.25) is 5.91 Å². The van der Waals surface area contributed by atoms with Gasteiger partial charge in [0.1, 0.15) is 12.2 Å². The Hall–Kier alpha value is -1.43. The lowest BCUT2D eigenvalue weighted by atomic mass is 9.84. The minimum Gasteiger partial charge on any atom is -0.341 e. The Bertz CT molecular complexity index is 466. The molecular weight excluding hydrogens is 254 g/mol. The van der Waals surface area contributed by atoms with E-state index in [1.807, 2.05) is 30.4 Å². The van der Waals surface area contributed by atoms with Gasteiger partial charge in [-0.15, -0.1) is 10.2 Å². The van der Waals surface area contributed by atoms with E-state index in [2.05, 4.69) is 10.2 Å². The molecule has 2 rings (SSSR count). The zero-order valence-electron chi connectivity index (χ0n) is 12.7. The van der Waals surface area contributed by atoms with Gasteiger partial charge < -0.3 is 15.2 Å². The molecule has 0 spiro atoms. The summed E-state index contributed by atoms with van der Waals surface area (Å²) in [5.74, 6) is 1.42. The summed E-state index contributed by atoms with van der Waals surface area (Å²) in [5.41, 5.74) is 5.36. The van der Waals surface area contributed by atoms with Crippen LogP contribution in [0.2, 0.25) is 0 Å². The van der Waals surface area contributed by atoms with Crippen molar-refractivity contribution in [1.82, 2.24) is 19.7 Å². The summed E-state index contributed by atoms with van der Waals surface area (Å²) in [7, 11) is 1.95. The highest BCUT2D eigenvalue weighted by Gasteiger charge is 2.36. The second kappa shape index (κ2) is 5.91. The average Bonchev–Trinajstić information content (AvgIpc) is 2.92. The molecule has 0 aliphatic carbocycles. The Morgan fingerprint density at radius 3 is 2.90 bits per heavy atom. The molecular formula is C14H25N5O. The van der Waals surface area contributed by atoms with Crippen LogP contribution >= 0.6 is 0 Å². The molecule has 0 bridgehead atoms. The molecule has 20 heavy (non-hydrogen) atoms. The number of piperidine rings is 1. The van der Waals surface area contributed by atoms with E-state index in [9.17, 15) is 4.79 Å². The van der Waals surface area contributed by atoms with Gasteiger partial charge in [-0.05, 0) is 26.2 Å². The van der Waals surface area contributed by atoms with Crippen molar-refractivity contribution in [2.75, 3.05) is 19.6 Å². The molecule has 1 fully saturated rings. The van der Waals surface area contributed by atoms with Crippen LogP contribution in [0.4, 0.5) is 0 Å². The maximum absolute atomic E-state index is 12.7. The number of hydrogen-bond donors (Lipinski definition) is 1. The van der Waals surface area contributed by atoms with Gasteiger partial charge in [-0.2, -0.15) is 0 Å². The summed E-state index contributed by atoms with van der Waals surface area (Å²) in [5, 5.41) is 8.12. The molecule has 1 aromatic heterocycles. The van der Waals surface area contributed by atoms with Gasteiger partial charge in [-0.25, -0.2) is 0 Å². The molecule has 0 radical (unpaired) electrons. The second-order valence-corrected chi connectivity index (χ2v) is 6.01. The highest BCUT2D eigenvalue weighted by atomic mass is 16.2. The Morgan fingerprint density at radius 1 is 1.60 bits per heavy atom. The van der Waals surface area contributed by atoms with Crippen LogP contribution in [-0.2, 0) is 11.8 Å². The Balaban J connectivity index is 2.11. The second-order valence-electron chi connectivity index (χ2n) is 6.01. The summed E-state index contributed by atoms with van der Waals surface area (Å²) in [4.78, 5) is 14.6. The van der Waals surface area contributed by atoms with Crippen molar-refractivity contribution in [2.24, 2.45) is 18.2 Å². The van der Waals surface area contributed by atoms with Crippen LogP contribution in [0.15, 0.2) is 6.33 Å². The van der Waals surface area contributed by atoms with Gasteiger partial charge in [0, 0.05) is 32.6 Å². The Kier molecular flexibility index (Phi) is 4.42. The number of aromatic nitrogens is 3. The monoisotopic (exact) mass is 279 g/mol. The van der Waals surface area contributed by atoms with Crippen LogP contribution in [-0.4, -0.2) is 45.2 Å². The lowest BCUT2D eigenvalue weighted by Crippen LogP contribution is -2.49. The molecule has 1 aromatic rings. The number of likely N-dealkylation sites (tertiary alicyclic amines) is 1. The van der Waals surface area contributed by atoms with E-state index in [0.29, 0.717) is 6.54 Å². The Morgan fingerprint density at radius 2 is 2.35 bits per heavy atom. The van der Waals surface area contributed by atoms with Crippen LogP contribution < -0.4 is 5.73 Å². The van der Waals surface area contributed by atoms with Gasteiger partial charge >= 0.3 is 0 Å². The van der Waals surface area contributed by atoms with E-state index in [-0.39, 0.29) is 11.8 Å². The SMILES string of the molecule is CCC(C)(CN)C(=O)N1CCCC(c2nncn2C)C1. The molecule has 6 nitrogen and oxygen atoms in total. The molecule has 1 aliphatic heterocycles. The van der Waals surface area contributed by atoms with Crippen LogP contribution in [0.5, 0.6) is 0 Å². The number of amides is 1. The molecule has 1 aliphatic rings. The quantitative estimate of drug-likeness (QED) is 0.888. The largest absolute Gasteiger partial charge is 0.341 e. The normalized spacial score (nSPS) is 22.6. The number of hydrogen-bond acceptors (Lipinski definition) is 4. The van der Waals surface area contributed by atoms with E-state index in [0.717, 1.165) is 38.2 Å². The molecule has 2 atom stereocenters. The molecule has 0 saturated carbocycles. The Labute approximate surface area is 120 Å². The summed E-state index contributed by atoms with van der Waals surface area (Å²) in [6.45, 7) is 5.92. The van der Waals surface area contributed by atoms with Crippen LogP contribution in [0.25, 0.3) is 0 Å². The van der Waals surface area contributed by atoms with E-state index in [1.54, 1.807) is 6.33 Å². The predicted molar refractivity (Wildman–Crippen MR) is 77.0 cm³/mol. The first-order valence-electron chi connectivity index (χ1n) is 7.35. The van der Waals surface area contributed by atoms with E-state index in [1.165, 1.54) is 0 Å². The number of carbonyl (C=O) groups is 1. The molecule has 0 aromatic carbocycles. The molecule has 6 heteroatoms. The maximum atomic E-state index is 12.7. The summed E-state index contributed by atoms with van der Waals surface area (Å²) in [6.07, 6.45) is 4.55. The predicted octanol–water partition coefficient (Wildman–Crippen LogP) is 0.896. The van der Waals surface area contributed by atoms with Crippen molar-refractivity contribution in [3.63, 3.8) is 0 Å². The van der Waals surface area contributed by atoms with Gasteiger partial charge in [0.25, 0.3) is 0 Å². The van der Waals surface area contributed by atoms with Gasteiger partial charge in [0.15, 0.2) is 0 Å². The van der Waals surface area contributed by atoms with Gasteiger partial charge in [-0.3, -0.25) is 4.79 Å². The van der Waals surface area contributed by atoms with E-state index < -0.39 is 5.41 Å². The van der Waals surface area contributed by atoms with Crippen molar-refractivity contribution < 1.29 is 4.79 Å². The third-order valence-corrected chi connectivity index (χ3v) is 4.57. The first-order valence-corrected chi connectivity index (χ1v) is 7.35. The molecule has 2 unspecified atom stereocenters. The lowest BCUT2D eigenvalue weighted by molar-refractivity contribution is -0.142. The van der Waals surface area contributed by atoms with Crippen molar-refractivity contribution >= 4 is 5.91 Å². The van der Waals surface area contributed by atoms with Crippen LogP contribution in [0.3, 0.4) is 0 Å². The fourth-order valence-electron chi connectivity index (χ4n) is 2.80. The molecule has 112 valence electrons. The highest BCUT2D eigenvalue weighted by molar-refractivity contribution is 5.82. The minimum atomic E-state index is -0.443. The van der Waals surface area contributed by atoms with Crippen LogP contribution in [0.1, 0.15) is 44.9 Å². The zero-order chi connectivity index (χ0) is 14.8. The van der Waals surface area contributed by atoms with Crippen molar-refractivity contribution in [3.05, 3.63) is 12.2 Å². The fourth-order valence-corrected chi connectivity index (χ4v) is 2.80. The topological polar surface area (TPSA) is 77.0 Å². The lowest BCUT2D eigenvalue weighted by Gasteiger charge is -2.38. The standard InChI is InChI=1S/C14H25N5O/c1-4-14(2,9-15)13(20)19-7-5-6-11(8-19)12-17-16-10-18(12)3/h10-11H,4-9,15H2,1-3H3. The molecule has 1 saturated heterocycles. The number of carbonyl (C=O) groups excluding carboxylic acids is 1. The van der Waals surface area contributed by atoms with E-state index in [4.69, 9.17) is 5.73 Å². The number of aryl methyl sites for hydroxylation is 1. The fraction of sp³-hybridized carbons (Fsp3) is 0.786. The summed E-state index contributed by atoms with van der Waals surface area (Å²) < 4.78 is 1.95. The van der Waals surface area contributed by atoms with Crippen molar-refractivity contribution in [1.29, 1.82) is 0 Å². The third kappa shape index (κ3) is 2.70. The summed E-state index contributed by atoms with van der Waals surface area (Å²) >= 11 is 0.